The van der Waals surface area contributed by atoms with Gasteiger partial charge in [-0.3, -0.25) is 0 Å². The number of allylic oxidation sites excluding steroid dienone is 1. The molecule has 2 aliphatic rings. The van der Waals surface area contributed by atoms with Gasteiger partial charge in [-0.25, -0.2) is 39.5 Å². The normalized spacial score (nSPS) is 24.3. The molecule has 2 saturated heterocycles. The van der Waals surface area contributed by atoms with Gasteiger partial charge in [0.25, 0.3) is 18.2 Å². The lowest BCUT2D eigenvalue weighted by Gasteiger charge is -2.29. The molecule has 0 spiro atoms. The van der Waals surface area contributed by atoms with Crippen LogP contribution >= 0.6 is 0 Å². The first-order chi connectivity index (χ1) is 18.9. The van der Waals surface area contributed by atoms with E-state index in [4.69, 9.17) is 0 Å². The van der Waals surface area contributed by atoms with E-state index in [-0.39, 0.29) is 19.4 Å². The summed E-state index contributed by atoms with van der Waals surface area (Å²) in [5, 5.41) is 0. The van der Waals surface area contributed by atoms with Crippen LogP contribution in [0.15, 0.2) is 11.9 Å². The summed E-state index contributed by atoms with van der Waals surface area (Å²) in [6, 6.07) is 0. The quantitative estimate of drug-likeness (QED) is 0.259. The van der Waals surface area contributed by atoms with E-state index < -0.39 is 97.9 Å². The molecule has 2 nitrogen and oxygen atoms in total. The summed E-state index contributed by atoms with van der Waals surface area (Å²) in [5.41, 5.74) is 0. The minimum absolute atomic E-state index is 0.0508. The second-order valence-corrected chi connectivity index (χ2v) is 8.71. The zero-order chi connectivity index (χ0) is 34.6. The van der Waals surface area contributed by atoms with E-state index in [0.29, 0.717) is 6.92 Å². The SMILES string of the molecule is CC(F)C(F)(F)C1CCC(C(F)(F)C(F)C(F)(F)F)O1.FC(C(F)(F)F)C(F)(F)C1CCCO1.FC(F)=C(F)C(F)(F)F. The molecule has 23 heteroatoms. The molecule has 258 valence electrons. The lowest BCUT2D eigenvalue weighted by molar-refractivity contribution is -0.278. The van der Waals surface area contributed by atoms with Crippen molar-refractivity contribution in [3.05, 3.63) is 11.9 Å². The molecule has 0 bridgehead atoms. The lowest BCUT2D eigenvalue weighted by atomic mass is 10.0. The van der Waals surface area contributed by atoms with Crippen LogP contribution in [0.25, 0.3) is 0 Å². The third-order valence-corrected chi connectivity index (χ3v) is 5.43. The number of alkyl halides is 18. The Morgan fingerprint density at radius 2 is 0.953 bits per heavy atom. The molecule has 43 heavy (non-hydrogen) atoms. The van der Waals surface area contributed by atoms with Gasteiger partial charge in [0, 0.05) is 6.61 Å². The van der Waals surface area contributed by atoms with Crippen molar-refractivity contribution in [2.24, 2.45) is 0 Å². The molecule has 0 radical (unpaired) electrons. The van der Waals surface area contributed by atoms with E-state index in [2.05, 4.69) is 9.47 Å². The van der Waals surface area contributed by atoms with Gasteiger partial charge in [0.15, 0.2) is 6.17 Å². The summed E-state index contributed by atoms with van der Waals surface area (Å²) >= 11 is 0. The molecule has 2 fully saturated rings. The summed E-state index contributed by atoms with van der Waals surface area (Å²) in [5.74, 6) is -17.0. The minimum atomic E-state index is -5.85. The van der Waals surface area contributed by atoms with Crippen LogP contribution in [0.3, 0.4) is 0 Å². The van der Waals surface area contributed by atoms with Crippen LogP contribution in [0, 0.1) is 0 Å². The van der Waals surface area contributed by atoms with Gasteiger partial charge in [0.05, 0.1) is 0 Å². The zero-order valence-electron chi connectivity index (χ0n) is 20.8. The molecule has 2 rings (SSSR count). The van der Waals surface area contributed by atoms with Crippen molar-refractivity contribution in [1.29, 1.82) is 0 Å². The smallest absolute Gasteiger partial charge is 0.372 e. The van der Waals surface area contributed by atoms with Crippen molar-refractivity contribution < 1.29 is 102 Å². The Hall–Kier alpha value is -1.81. The number of halogens is 21. The maximum absolute atomic E-state index is 13.2. The topological polar surface area (TPSA) is 18.5 Å². The average molecular weight is 690 g/mol. The standard InChI is InChI=1S/C10H11F9O.C7H8F6O.C3F6/c1-4(11)8(13,14)5-2-3-6(20-5)9(15,16)7(12)10(17,18)19;8-5(7(11,12)13)6(9,10)4-2-1-3-14-4;4-1(2(5)6)3(7,8)9/h4-7H,2-3H2,1H3;4-5H,1-3H2;. The first-order valence-electron chi connectivity index (χ1n) is 11.2. The van der Waals surface area contributed by atoms with Crippen LogP contribution in [0.5, 0.6) is 0 Å². The van der Waals surface area contributed by atoms with Crippen molar-refractivity contribution in [1.82, 2.24) is 0 Å². The van der Waals surface area contributed by atoms with Gasteiger partial charge in [0.1, 0.15) is 18.3 Å². The van der Waals surface area contributed by atoms with E-state index >= 15 is 0 Å². The van der Waals surface area contributed by atoms with Crippen LogP contribution in [-0.2, 0) is 9.47 Å². The highest BCUT2D eigenvalue weighted by atomic mass is 19.4. The first kappa shape index (κ1) is 41.2. The summed E-state index contributed by atoms with van der Waals surface area (Å²) in [7, 11) is 0. The maximum Gasteiger partial charge on any atom is 0.448 e. The third-order valence-electron chi connectivity index (χ3n) is 5.43. The van der Waals surface area contributed by atoms with E-state index in [9.17, 15) is 92.2 Å². The highest BCUT2D eigenvalue weighted by molar-refractivity contribution is 4.99. The van der Waals surface area contributed by atoms with Crippen LogP contribution in [0.2, 0.25) is 0 Å². The maximum atomic E-state index is 13.2. The van der Waals surface area contributed by atoms with Crippen LogP contribution < -0.4 is 0 Å². The Labute approximate surface area is 227 Å². The number of hydrogen-bond acceptors (Lipinski definition) is 2. The Morgan fingerprint density at radius 3 is 1.21 bits per heavy atom. The molecule has 0 aromatic rings. The molecular weight excluding hydrogens is 671 g/mol. The Morgan fingerprint density at radius 1 is 0.581 bits per heavy atom. The molecule has 0 aliphatic carbocycles. The number of hydrogen-bond donors (Lipinski definition) is 0. The fourth-order valence-electron chi connectivity index (χ4n) is 3.21. The van der Waals surface area contributed by atoms with Crippen LogP contribution in [0.4, 0.5) is 92.2 Å². The van der Waals surface area contributed by atoms with Gasteiger partial charge < -0.3 is 9.47 Å². The number of rotatable bonds is 6. The summed E-state index contributed by atoms with van der Waals surface area (Å²) in [4.78, 5) is 0. The zero-order valence-corrected chi connectivity index (χ0v) is 20.8. The predicted molar refractivity (Wildman–Crippen MR) is 101 cm³/mol. The van der Waals surface area contributed by atoms with E-state index in [1.54, 1.807) is 0 Å². The summed E-state index contributed by atoms with van der Waals surface area (Å²) < 4.78 is 260. The molecule has 0 N–H and O–H groups in total. The predicted octanol–water partition coefficient (Wildman–Crippen LogP) is 9.39. The second-order valence-electron chi connectivity index (χ2n) is 8.71. The highest BCUT2D eigenvalue weighted by Crippen LogP contribution is 2.45. The molecule has 2 aliphatic heterocycles. The van der Waals surface area contributed by atoms with Crippen molar-refractivity contribution in [2.75, 3.05) is 6.61 Å². The lowest BCUT2D eigenvalue weighted by Crippen LogP contribution is -2.50. The Bertz CT molecular complexity index is 881. The van der Waals surface area contributed by atoms with E-state index in [1.165, 1.54) is 0 Å². The molecule has 2 heterocycles. The molecule has 6 atom stereocenters. The molecule has 0 aromatic heterocycles. The van der Waals surface area contributed by atoms with Crippen molar-refractivity contribution in [2.45, 2.75) is 106 Å². The van der Waals surface area contributed by atoms with Gasteiger partial charge >= 0.3 is 42.4 Å². The van der Waals surface area contributed by atoms with Crippen molar-refractivity contribution in [3.8, 4) is 0 Å². The summed E-state index contributed by atoms with van der Waals surface area (Å²) in [6.07, 6.45) is -40.4. The number of ether oxygens (including phenoxy) is 2. The fourth-order valence-corrected chi connectivity index (χ4v) is 3.21. The van der Waals surface area contributed by atoms with Crippen molar-refractivity contribution >= 4 is 0 Å². The molecular formula is C20H19F21O2. The molecule has 0 aromatic carbocycles. The molecule has 0 saturated carbocycles. The molecule has 6 unspecified atom stereocenters. The second kappa shape index (κ2) is 14.5. The van der Waals surface area contributed by atoms with Gasteiger partial charge in [-0.2, -0.15) is 52.7 Å². The average Bonchev–Trinajstić information content (AvgIpc) is 3.55. The van der Waals surface area contributed by atoms with E-state index in [1.807, 2.05) is 0 Å². The minimum Gasteiger partial charge on any atom is -0.372 e. The van der Waals surface area contributed by atoms with Gasteiger partial charge in [0.2, 0.25) is 0 Å². The fraction of sp³-hybridized carbons (Fsp3) is 0.900. The van der Waals surface area contributed by atoms with Crippen molar-refractivity contribution in [3.63, 3.8) is 0 Å². The monoisotopic (exact) mass is 690 g/mol. The van der Waals surface area contributed by atoms with Gasteiger partial charge in [-0.05, 0) is 32.6 Å². The summed E-state index contributed by atoms with van der Waals surface area (Å²) in [6.45, 7) is 0.410. The van der Waals surface area contributed by atoms with Gasteiger partial charge in [-0.15, -0.1) is 0 Å². The van der Waals surface area contributed by atoms with Crippen LogP contribution in [0.1, 0.15) is 32.6 Å². The largest absolute Gasteiger partial charge is 0.448 e. The third kappa shape index (κ3) is 11.2. The Balaban J connectivity index is 0.000000667. The van der Waals surface area contributed by atoms with Gasteiger partial charge in [-0.1, -0.05) is 0 Å². The van der Waals surface area contributed by atoms with E-state index in [0.717, 1.165) is 0 Å². The Kier molecular flexibility index (Phi) is 13.9. The highest BCUT2D eigenvalue weighted by Gasteiger charge is 2.64. The molecule has 0 amide bonds. The first-order valence-corrected chi connectivity index (χ1v) is 11.2. The van der Waals surface area contributed by atoms with Crippen LogP contribution in [-0.4, -0.2) is 79.7 Å².